The molecule has 0 aliphatic rings. The summed E-state index contributed by atoms with van der Waals surface area (Å²) < 4.78 is 1.00. The van der Waals surface area contributed by atoms with Crippen LogP contribution in [0, 0.1) is 10.4 Å². The Balaban J connectivity index is 3.30. The molecule has 0 aliphatic heterocycles. The van der Waals surface area contributed by atoms with Gasteiger partial charge in [0.15, 0.2) is 0 Å². The molecule has 1 heterocycles. The molecule has 1 aromatic rings. The fourth-order valence-corrected chi connectivity index (χ4v) is 1.95. The van der Waals surface area contributed by atoms with Gasteiger partial charge >= 0.3 is 52.8 Å². The molecule has 1 nitrogen and oxygen atoms in total. The van der Waals surface area contributed by atoms with Crippen LogP contribution in [-0.2, 0) is 0 Å². The Morgan fingerprint density at radius 3 is 2.71 bits per heavy atom. The molecule has 0 saturated carbocycles. The maximum absolute atomic E-state index is 4.86. The zero-order valence-electron chi connectivity index (χ0n) is 3.89. The van der Waals surface area contributed by atoms with Gasteiger partial charge in [0.25, 0.3) is 0 Å². The first-order chi connectivity index (χ1) is 3.29. The van der Waals surface area contributed by atoms with Crippen molar-refractivity contribution in [2.45, 2.75) is 6.92 Å². The molecule has 7 heavy (non-hydrogen) atoms. The molecule has 1 rings (SSSR count). The summed E-state index contributed by atoms with van der Waals surface area (Å²) in [6.07, 6.45) is 0. The predicted molar refractivity (Wildman–Crippen MR) is 33.3 cm³/mol. The molecule has 3 heteroatoms. The molecule has 0 amide bonds. The van der Waals surface area contributed by atoms with Gasteiger partial charge in [-0.05, 0) is 0 Å². The fraction of sp³-hybridized carbons (Fsp3) is 0.250. The van der Waals surface area contributed by atoms with Crippen LogP contribution in [0.3, 0.4) is 0 Å². The zero-order chi connectivity index (χ0) is 5.28. The van der Waals surface area contributed by atoms with E-state index in [-0.39, 0.29) is 0 Å². The summed E-state index contributed by atoms with van der Waals surface area (Å²) in [4.78, 5) is 5.19. The van der Waals surface area contributed by atoms with Crippen LogP contribution in [0.1, 0.15) is 5.69 Å². The second-order valence-electron chi connectivity index (χ2n) is 1.33. The van der Waals surface area contributed by atoms with E-state index in [1.54, 1.807) is 0 Å². The molecule has 38 valence electrons. The molecule has 0 radical (unpaired) electrons. The maximum atomic E-state index is 4.86. The Kier molecular flexibility index (Phi) is 1.47. The fourth-order valence-electron chi connectivity index (χ4n) is 0.362. The molecule has 0 spiro atoms. The Hall–Kier alpha value is 0.149. The third kappa shape index (κ3) is 1.26. The summed E-state index contributed by atoms with van der Waals surface area (Å²) >= 11 is 5.32. The van der Waals surface area contributed by atoms with E-state index < -0.39 is 0 Å². The van der Waals surface area contributed by atoms with Gasteiger partial charge in [-0.25, -0.2) is 0 Å². The Labute approximate surface area is 53.1 Å². The van der Waals surface area contributed by atoms with Crippen LogP contribution < -0.4 is 0 Å². The number of rotatable bonds is 0. The van der Waals surface area contributed by atoms with Crippen LogP contribution in [0.4, 0.5) is 0 Å². The van der Waals surface area contributed by atoms with Gasteiger partial charge in [0.2, 0.25) is 0 Å². The Morgan fingerprint density at radius 1 is 1.86 bits per heavy atom. The van der Waals surface area contributed by atoms with Crippen molar-refractivity contribution in [3.63, 3.8) is 0 Å². The number of nitrogens with one attached hydrogen (secondary N) is 1. The second-order valence-corrected chi connectivity index (χ2v) is 4.17. The van der Waals surface area contributed by atoms with E-state index in [0.717, 1.165) is 3.51 Å². The summed E-state index contributed by atoms with van der Waals surface area (Å²) in [5.41, 5.74) is 1.21. The number of aryl methyl sites for hydroxylation is 1. The third-order valence-electron chi connectivity index (χ3n) is 0.642. The van der Waals surface area contributed by atoms with Crippen LogP contribution in [0.25, 0.3) is 0 Å². The van der Waals surface area contributed by atoms with Crippen molar-refractivity contribution in [3.05, 3.63) is 14.1 Å². The van der Waals surface area contributed by atoms with Gasteiger partial charge in [0, 0.05) is 0 Å². The molecule has 1 N–H and O–H groups in total. The second kappa shape index (κ2) is 1.95. The van der Waals surface area contributed by atoms with Gasteiger partial charge in [0.05, 0.1) is 0 Å². The summed E-state index contributed by atoms with van der Waals surface area (Å²) in [6.45, 7) is 2.03. The summed E-state index contributed by atoms with van der Waals surface area (Å²) in [6, 6.07) is 0. The van der Waals surface area contributed by atoms with Crippen molar-refractivity contribution in [2.24, 2.45) is 0 Å². The Bertz CT molecular complexity index is 199. The molecule has 0 bridgehead atoms. The van der Waals surface area contributed by atoms with Gasteiger partial charge in [0.1, 0.15) is 0 Å². The van der Waals surface area contributed by atoms with Crippen molar-refractivity contribution in [1.82, 2.24) is 4.98 Å². The van der Waals surface area contributed by atoms with Crippen molar-refractivity contribution in [1.29, 1.82) is 0 Å². The van der Waals surface area contributed by atoms with Gasteiger partial charge in [-0.2, -0.15) is 0 Å². The number of hydrogen-bond acceptors (Lipinski definition) is 1. The van der Waals surface area contributed by atoms with Crippen LogP contribution >= 0.6 is 12.2 Å². The molecule has 0 aromatic carbocycles. The monoisotopic (exact) mass is 179 g/mol. The average molecular weight is 178 g/mol. The first-order valence-corrected chi connectivity index (χ1v) is 4.19. The quantitative estimate of drug-likeness (QED) is 0.464. The summed E-state index contributed by atoms with van der Waals surface area (Å²) in [5.74, 6) is 0. The average Bonchev–Trinajstić information content (AvgIpc) is 1.87. The third-order valence-corrected chi connectivity index (χ3v) is 2.90. The minimum atomic E-state index is 0.458. The van der Waals surface area contributed by atoms with Crippen molar-refractivity contribution >= 4 is 26.7 Å². The van der Waals surface area contributed by atoms with Gasteiger partial charge in [-0.1, -0.05) is 0 Å². The van der Waals surface area contributed by atoms with E-state index in [1.165, 1.54) is 5.69 Å². The minimum absolute atomic E-state index is 0.458. The van der Waals surface area contributed by atoms with Gasteiger partial charge in [-0.15, -0.1) is 0 Å². The van der Waals surface area contributed by atoms with Crippen molar-refractivity contribution < 1.29 is 0 Å². The molecule has 0 saturated heterocycles. The number of aromatic amines is 1. The molecule has 0 atom stereocenters. The molecule has 0 fully saturated rings. The summed E-state index contributed by atoms with van der Waals surface area (Å²) in [7, 11) is 0. The molecular weight excluding hydrogens is 173 g/mol. The molecular formula is C4H5NSSe. The van der Waals surface area contributed by atoms with Crippen molar-refractivity contribution in [2.75, 3.05) is 0 Å². The van der Waals surface area contributed by atoms with Crippen molar-refractivity contribution in [3.8, 4) is 0 Å². The first kappa shape index (κ1) is 5.29. The van der Waals surface area contributed by atoms with E-state index in [2.05, 4.69) is 9.92 Å². The van der Waals surface area contributed by atoms with Crippen LogP contribution in [0.2, 0.25) is 0 Å². The number of H-pyrrole nitrogens is 1. The standard InChI is InChI=1S/C4H5NSSe/c1-3-2-7-4(6)5-3/h2H,1H3,(H,5,6). The van der Waals surface area contributed by atoms with Crippen LogP contribution in [0.15, 0.2) is 4.94 Å². The molecule has 0 aliphatic carbocycles. The van der Waals surface area contributed by atoms with E-state index in [1.807, 2.05) is 6.92 Å². The van der Waals surface area contributed by atoms with Gasteiger partial charge < -0.3 is 0 Å². The number of aromatic nitrogens is 1. The Morgan fingerprint density at radius 2 is 2.57 bits per heavy atom. The SMILES string of the molecule is Cc1c[se]c(=S)[nH]1. The topological polar surface area (TPSA) is 15.8 Å². The summed E-state index contributed by atoms with van der Waals surface area (Å²) in [5, 5.41) is 0. The van der Waals surface area contributed by atoms with E-state index in [9.17, 15) is 0 Å². The first-order valence-electron chi connectivity index (χ1n) is 1.93. The number of hydrogen-bond donors (Lipinski definition) is 1. The van der Waals surface area contributed by atoms with Gasteiger partial charge in [-0.3, -0.25) is 0 Å². The van der Waals surface area contributed by atoms with Crippen LogP contribution in [-0.4, -0.2) is 19.5 Å². The zero-order valence-corrected chi connectivity index (χ0v) is 6.42. The normalized spacial score (nSPS) is 9.29. The predicted octanol–water partition coefficient (Wildman–Crippen LogP) is 1.11. The molecule has 0 unspecified atom stereocenters. The van der Waals surface area contributed by atoms with E-state index in [0.29, 0.717) is 14.5 Å². The van der Waals surface area contributed by atoms with E-state index >= 15 is 0 Å². The van der Waals surface area contributed by atoms with Crippen LogP contribution in [0.5, 0.6) is 0 Å². The molecule has 1 aromatic heterocycles. The van der Waals surface area contributed by atoms with E-state index in [4.69, 9.17) is 12.2 Å².